The number of unbranched alkanes of at least 4 members (excludes halogenated alkanes) is 1. The number of nitrogens with zero attached hydrogens (tertiary/aromatic N) is 4. The summed E-state index contributed by atoms with van der Waals surface area (Å²) in [6.45, 7) is 6.55. The third-order valence-electron chi connectivity index (χ3n) is 7.63. The van der Waals surface area contributed by atoms with Gasteiger partial charge < -0.3 is 0 Å². The van der Waals surface area contributed by atoms with Crippen LogP contribution in [0.15, 0.2) is 59.2 Å². The molecule has 0 aliphatic carbocycles. The van der Waals surface area contributed by atoms with Crippen molar-refractivity contribution < 1.29 is 9.59 Å². The quantitative estimate of drug-likeness (QED) is 0.414. The van der Waals surface area contributed by atoms with Gasteiger partial charge in [-0.05, 0) is 88.3 Å². The highest BCUT2D eigenvalue weighted by atomic mass is 16.2. The van der Waals surface area contributed by atoms with Crippen molar-refractivity contribution >= 4 is 17.5 Å². The van der Waals surface area contributed by atoms with Gasteiger partial charge in [0.15, 0.2) is 0 Å². The fourth-order valence-electron chi connectivity index (χ4n) is 5.87. The van der Waals surface area contributed by atoms with Crippen LogP contribution < -0.4 is 0 Å². The minimum atomic E-state index is -0.166. The number of carbonyl (C=O) groups is 2. The first-order valence-corrected chi connectivity index (χ1v) is 12.9. The van der Waals surface area contributed by atoms with E-state index in [-0.39, 0.29) is 23.9 Å². The van der Waals surface area contributed by atoms with Gasteiger partial charge in [-0.15, -0.1) is 0 Å². The summed E-state index contributed by atoms with van der Waals surface area (Å²) in [5, 5.41) is 0. The maximum absolute atomic E-state index is 12.7. The summed E-state index contributed by atoms with van der Waals surface area (Å²) >= 11 is 0. The van der Waals surface area contributed by atoms with E-state index in [0.717, 1.165) is 57.3 Å². The van der Waals surface area contributed by atoms with Crippen molar-refractivity contribution in [1.82, 2.24) is 14.8 Å². The first-order chi connectivity index (χ1) is 17.1. The van der Waals surface area contributed by atoms with Crippen molar-refractivity contribution in [3.63, 3.8) is 0 Å². The molecule has 2 amide bonds. The lowest BCUT2D eigenvalue weighted by molar-refractivity contribution is 0.0645. The molecule has 35 heavy (non-hydrogen) atoms. The van der Waals surface area contributed by atoms with Crippen molar-refractivity contribution in [2.45, 2.75) is 64.5 Å². The third kappa shape index (κ3) is 4.59. The largest absolute Gasteiger partial charge is 0.288 e. The molecule has 0 N–H and O–H groups in total. The SMILES string of the molecule is CC1=CCCN=C1[C@H]1CCC[C@@H](c2ncccc2C)N1CCCCN1C(=O)c2ccccc2C1=O. The Morgan fingerprint density at radius 3 is 2.34 bits per heavy atom. The van der Waals surface area contributed by atoms with Gasteiger partial charge in [-0.1, -0.05) is 24.3 Å². The number of hydrogen-bond donors (Lipinski definition) is 0. The van der Waals surface area contributed by atoms with Crippen molar-refractivity contribution in [3.8, 4) is 0 Å². The minimum absolute atomic E-state index is 0.166. The van der Waals surface area contributed by atoms with E-state index in [1.807, 2.05) is 24.4 Å². The average Bonchev–Trinajstić information content (AvgIpc) is 3.12. The van der Waals surface area contributed by atoms with Crippen molar-refractivity contribution in [1.29, 1.82) is 0 Å². The average molecular weight is 471 g/mol. The Labute approximate surface area is 207 Å². The van der Waals surface area contributed by atoms with E-state index < -0.39 is 0 Å². The lowest BCUT2D eigenvalue weighted by Gasteiger charge is -2.43. The van der Waals surface area contributed by atoms with Gasteiger partial charge in [0.1, 0.15) is 0 Å². The number of fused-ring (bicyclic) bond motifs is 1. The van der Waals surface area contributed by atoms with E-state index in [1.165, 1.54) is 21.7 Å². The van der Waals surface area contributed by atoms with Crippen molar-refractivity contribution in [3.05, 3.63) is 76.6 Å². The van der Waals surface area contributed by atoms with Crippen LogP contribution in [0, 0.1) is 6.92 Å². The molecule has 1 aromatic heterocycles. The highest BCUT2D eigenvalue weighted by molar-refractivity contribution is 6.21. The summed E-state index contributed by atoms with van der Waals surface area (Å²) in [4.78, 5) is 39.2. The minimum Gasteiger partial charge on any atom is -0.288 e. The second-order valence-electron chi connectivity index (χ2n) is 9.86. The molecule has 1 fully saturated rings. The zero-order chi connectivity index (χ0) is 24.4. The van der Waals surface area contributed by atoms with Gasteiger partial charge in [0.25, 0.3) is 11.8 Å². The molecule has 3 aliphatic heterocycles. The van der Waals surface area contributed by atoms with E-state index in [9.17, 15) is 9.59 Å². The molecular formula is C29H34N4O2. The van der Waals surface area contributed by atoms with Gasteiger partial charge in [-0.2, -0.15) is 0 Å². The predicted octanol–water partition coefficient (Wildman–Crippen LogP) is 5.15. The molecule has 0 radical (unpaired) electrons. The molecule has 2 aromatic rings. The van der Waals surface area contributed by atoms with Gasteiger partial charge in [-0.3, -0.25) is 29.4 Å². The van der Waals surface area contributed by atoms with Crippen molar-refractivity contribution in [2.75, 3.05) is 19.6 Å². The van der Waals surface area contributed by atoms with Gasteiger partial charge >= 0.3 is 0 Å². The molecule has 3 aliphatic rings. The summed E-state index contributed by atoms with van der Waals surface area (Å²) in [6.07, 6.45) is 10.3. The molecule has 1 saturated heterocycles. The number of dihydropyridines is 1. The Bertz CT molecular complexity index is 1150. The molecule has 0 spiro atoms. The van der Waals surface area contributed by atoms with Crippen LogP contribution in [0.3, 0.4) is 0 Å². The number of imide groups is 1. The number of aliphatic imine (C=N–C) groups is 1. The predicted molar refractivity (Wildman–Crippen MR) is 138 cm³/mol. The number of amides is 2. The lowest BCUT2D eigenvalue weighted by atomic mass is 9.86. The van der Waals surface area contributed by atoms with E-state index in [4.69, 9.17) is 9.98 Å². The van der Waals surface area contributed by atoms with Gasteiger partial charge in [0.2, 0.25) is 0 Å². The highest BCUT2D eigenvalue weighted by Crippen LogP contribution is 2.37. The number of pyridine rings is 1. The Balaban J connectivity index is 1.31. The Morgan fingerprint density at radius 1 is 0.914 bits per heavy atom. The summed E-state index contributed by atoms with van der Waals surface area (Å²) < 4.78 is 0. The summed E-state index contributed by atoms with van der Waals surface area (Å²) in [5.41, 5.74) is 5.97. The van der Waals surface area contributed by atoms with Crippen LogP contribution in [0.25, 0.3) is 0 Å². The van der Waals surface area contributed by atoms with Crippen LogP contribution in [-0.2, 0) is 0 Å². The van der Waals surface area contributed by atoms with E-state index in [0.29, 0.717) is 17.7 Å². The summed E-state index contributed by atoms with van der Waals surface area (Å²) in [6, 6.07) is 11.8. The molecule has 6 heteroatoms. The molecule has 5 rings (SSSR count). The van der Waals surface area contributed by atoms with E-state index in [2.05, 4.69) is 30.9 Å². The van der Waals surface area contributed by atoms with Crippen LogP contribution in [-0.4, -0.2) is 58.0 Å². The van der Waals surface area contributed by atoms with Crippen LogP contribution in [0.4, 0.5) is 0 Å². The number of likely N-dealkylation sites (tertiary alicyclic amines) is 1. The molecular weight excluding hydrogens is 436 g/mol. The van der Waals surface area contributed by atoms with Crippen LogP contribution in [0.1, 0.15) is 83.5 Å². The zero-order valence-electron chi connectivity index (χ0n) is 20.7. The molecule has 6 nitrogen and oxygen atoms in total. The number of carbonyl (C=O) groups excluding carboxylic acids is 2. The fraction of sp³-hybridized carbons (Fsp3) is 0.448. The lowest BCUT2D eigenvalue weighted by Crippen LogP contribution is -2.48. The smallest absolute Gasteiger partial charge is 0.261 e. The number of rotatable bonds is 7. The summed E-state index contributed by atoms with van der Waals surface area (Å²) in [5.74, 6) is -0.332. The van der Waals surface area contributed by atoms with E-state index >= 15 is 0 Å². The molecule has 0 unspecified atom stereocenters. The number of benzene rings is 1. The number of aryl methyl sites for hydroxylation is 1. The van der Waals surface area contributed by atoms with Gasteiger partial charge in [-0.25, -0.2) is 0 Å². The second-order valence-corrected chi connectivity index (χ2v) is 9.86. The molecule has 4 heterocycles. The molecule has 1 aromatic carbocycles. The monoisotopic (exact) mass is 470 g/mol. The standard InChI is InChI=1S/C29H34N4O2/c1-20-10-8-16-30-26(20)24-14-7-15-25(27-21(2)11-9-17-31-27)32(24)18-5-6-19-33-28(34)22-12-3-4-13-23(22)29(33)35/h3-4,8,10-13,16,24-25H,5-7,9,14-15,17-19H2,1-2H3/t24-,25+/m0/s1. The van der Waals surface area contributed by atoms with Crippen molar-refractivity contribution in [2.24, 2.45) is 4.99 Å². The Kier molecular flexibility index (Phi) is 6.91. The van der Waals surface area contributed by atoms with Crippen LogP contribution in [0.5, 0.6) is 0 Å². The first-order valence-electron chi connectivity index (χ1n) is 12.9. The fourth-order valence-corrected chi connectivity index (χ4v) is 5.87. The summed E-state index contributed by atoms with van der Waals surface area (Å²) in [7, 11) is 0. The maximum atomic E-state index is 12.7. The zero-order valence-corrected chi connectivity index (χ0v) is 20.7. The van der Waals surface area contributed by atoms with E-state index in [1.54, 1.807) is 12.1 Å². The van der Waals surface area contributed by atoms with Gasteiger partial charge in [0, 0.05) is 19.3 Å². The number of aromatic nitrogens is 1. The van der Waals surface area contributed by atoms with Crippen LogP contribution >= 0.6 is 0 Å². The topological polar surface area (TPSA) is 65.9 Å². The number of piperidine rings is 1. The molecule has 0 bridgehead atoms. The normalized spacial score (nSPS) is 22.7. The Morgan fingerprint density at radius 2 is 1.63 bits per heavy atom. The highest BCUT2D eigenvalue weighted by Gasteiger charge is 2.37. The first kappa shape index (κ1) is 23.6. The Hall–Kier alpha value is -3.12. The van der Waals surface area contributed by atoms with Gasteiger partial charge in [0.05, 0.1) is 34.6 Å². The third-order valence-corrected chi connectivity index (χ3v) is 7.63. The molecule has 182 valence electrons. The molecule has 2 atom stereocenters. The molecule has 0 saturated carbocycles. The maximum Gasteiger partial charge on any atom is 0.261 e. The number of hydrogen-bond acceptors (Lipinski definition) is 5. The van der Waals surface area contributed by atoms with Crippen LogP contribution in [0.2, 0.25) is 0 Å². The second kappa shape index (κ2) is 10.2.